The summed E-state index contributed by atoms with van der Waals surface area (Å²) in [6, 6.07) is 5.89. The highest BCUT2D eigenvalue weighted by Crippen LogP contribution is 2.34. The normalized spacial score (nSPS) is 19.6. The molecule has 20 heavy (non-hydrogen) atoms. The number of fused-ring (bicyclic) bond motifs is 1. The minimum Gasteiger partial charge on any atom is -0.490 e. The van der Waals surface area contributed by atoms with Crippen LogP contribution < -0.4 is 4.74 Å². The minimum atomic E-state index is -4.26. The zero-order valence-corrected chi connectivity index (χ0v) is 12.6. The second-order valence-electron chi connectivity index (χ2n) is 4.92. The van der Waals surface area contributed by atoms with Crippen LogP contribution in [-0.4, -0.2) is 25.5 Å². The van der Waals surface area contributed by atoms with Crippen LogP contribution >= 0.6 is 15.9 Å². The lowest BCUT2D eigenvalue weighted by Gasteiger charge is -2.12. The van der Waals surface area contributed by atoms with E-state index in [1.54, 1.807) is 0 Å². The van der Waals surface area contributed by atoms with E-state index in [0.29, 0.717) is 6.42 Å². The third-order valence-electron chi connectivity index (χ3n) is 3.06. The Labute approximate surface area is 124 Å². The van der Waals surface area contributed by atoms with Crippen molar-refractivity contribution >= 4 is 15.9 Å². The van der Waals surface area contributed by atoms with E-state index < -0.39 is 12.8 Å². The summed E-state index contributed by atoms with van der Waals surface area (Å²) in [6.45, 7) is 0.887. The first kappa shape index (κ1) is 15.6. The Bertz CT molecular complexity index is 462. The summed E-state index contributed by atoms with van der Waals surface area (Å²) in [6.07, 6.45) is -2.72. The van der Waals surface area contributed by atoms with Gasteiger partial charge in [-0.3, -0.25) is 0 Å². The first-order valence-corrected chi connectivity index (χ1v) is 7.35. The number of rotatable bonds is 5. The molecule has 6 heteroatoms. The summed E-state index contributed by atoms with van der Waals surface area (Å²) in [4.78, 5) is -0.0167. The molecule has 1 aromatic carbocycles. The molecule has 0 bridgehead atoms. The summed E-state index contributed by atoms with van der Waals surface area (Å²) in [5, 5.41) is 0. The Morgan fingerprint density at radius 3 is 2.90 bits per heavy atom. The summed E-state index contributed by atoms with van der Waals surface area (Å²) in [5.41, 5.74) is 2.19. The molecule has 0 aromatic heterocycles. The van der Waals surface area contributed by atoms with Crippen molar-refractivity contribution < 1.29 is 22.6 Å². The second kappa shape index (κ2) is 6.35. The van der Waals surface area contributed by atoms with Gasteiger partial charge >= 0.3 is 6.18 Å². The quantitative estimate of drug-likeness (QED) is 0.577. The molecule has 2 unspecified atom stereocenters. The molecule has 2 nitrogen and oxygen atoms in total. The molecule has 0 saturated heterocycles. The van der Waals surface area contributed by atoms with Gasteiger partial charge in [0, 0.05) is 17.9 Å². The number of halogens is 4. The monoisotopic (exact) mass is 352 g/mol. The fourth-order valence-corrected chi connectivity index (χ4v) is 2.65. The predicted molar refractivity (Wildman–Crippen MR) is 73.4 cm³/mol. The number of ether oxygens (including phenoxy) is 2. The smallest absolute Gasteiger partial charge is 0.411 e. The first-order chi connectivity index (χ1) is 9.35. The molecule has 0 N–H and O–H groups in total. The maximum Gasteiger partial charge on any atom is 0.411 e. The largest absolute Gasteiger partial charge is 0.490 e. The van der Waals surface area contributed by atoms with Crippen molar-refractivity contribution in [3.8, 4) is 5.75 Å². The van der Waals surface area contributed by atoms with Crippen LogP contribution in [0.3, 0.4) is 0 Å². The van der Waals surface area contributed by atoms with Crippen molar-refractivity contribution in [3.05, 3.63) is 29.3 Å². The molecule has 0 aliphatic carbocycles. The standard InChI is InChI=1S/C14H16BrF3O2/c1-9-6-11-7-10(2-3-13(11)20-9)12(15)4-5-19-8-14(16,17)18/h2-3,7,9,12H,4-6,8H2,1H3. The molecule has 0 saturated carbocycles. The van der Waals surface area contributed by atoms with E-state index >= 15 is 0 Å². The molecule has 1 aliphatic rings. The van der Waals surface area contributed by atoms with Crippen molar-refractivity contribution in [2.75, 3.05) is 13.2 Å². The van der Waals surface area contributed by atoms with Crippen molar-refractivity contribution in [1.29, 1.82) is 0 Å². The van der Waals surface area contributed by atoms with Crippen LogP contribution in [-0.2, 0) is 11.2 Å². The van der Waals surface area contributed by atoms with Crippen LogP contribution in [0.15, 0.2) is 18.2 Å². The lowest BCUT2D eigenvalue weighted by atomic mass is 10.0. The van der Waals surface area contributed by atoms with E-state index in [2.05, 4.69) is 20.7 Å². The average Bonchev–Trinajstić information content (AvgIpc) is 2.72. The van der Waals surface area contributed by atoms with Gasteiger partial charge in [0.1, 0.15) is 18.5 Å². The van der Waals surface area contributed by atoms with Gasteiger partial charge in [0.05, 0.1) is 0 Å². The van der Waals surface area contributed by atoms with Gasteiger partial charge in [0.25, 0.3) is 0 Å². The van der Waals surface area contributed by atoms with Gasteiger partial charge in [0.15, 0.2) is 0 Å². The van der Waals surface area contributed by atoms with Gasteiger partial charge in [-0.05, 0) is 30.5 Å². The molecule has 112 valence electrons. The van der Waals surface area contributed by atoms with Gasteiger partial charge in [0.2, 0.25) is 0 Å². The van der Waals surface area contributed by atoms with Crippen LogP contribution in [0, 0.1) is 0 Å². The second-order valence-corrected chi connectivity index (χ2v) is 6.03. The van der Waals surface area contributed by atoms with E-state index in [4.69, 9.17) is 4.74 Å². The molecular formula is C14H16BrF3O2. The lowest BCUT2D eigenvalue weighted by molar-refractivity contribution is -0.174. The maximum absolute atomic E-state index is 11.9. The highest BCUT2D eigenvalue weighted by atomic mass is 79.9. The predicted octanol–water partition coefficient (Wildman–Crippen LogP) is 4.42. The third kappa shape index (κ3) is 4.38. The number of benzene rings is 1. The van der Waals surface area contributed by atoms with E-state index in [-0.39, 0.29) is 17.5 Å². The SMILES string of the molecule is CC1Cc2cc(C(Br)CCOCC(F)(F)F)ccc2O1. The molecule has 0 amide bonds. The molecule has 2 rings (SSSR count). The van der Waals surface area contributed by atoms with Crippen LogP contribution in [0.25, 0.3) is 0 Å². The van der Waals surface area contributed by atoms with Crippen molar-refractivity contribution in [2.45, 2.75) is 36.9 Å². The Morgan fingerprint density at radius 1 is 1.45 bits per heavy atom. The fourth-order valence-electron chi connectivity index (χ4n) is 2.18. The van der Waals surface area contributed by atoms with Crippen molar-refractivity contribution in [2.24, 2.45) is 0 Å². The molecule has 1 aromatic rings. The van der Waals surface area contributed by atoms with Crippen LogP contribution in [0.2, 0.25) is 0 Å². The van der Waals surface area contributed by atoms with Gasteiger partial charge in [-0.2, -0.15) is 13.2 Å². The zero-order valence-electron chi connectivity index (χ0n) is 11.0. The van der Waals surface area contributed by atoms with E-state index in [1.807, 2.05) is 25.1 Å². The van der Waals surface area contributed by atoms with Gasteiger partial charge in [-0.15, -0.1) is 0 Å². The van der Waals surface area contributed by atoms with Crippen molar-refractivity contribution in [1.82, 2.24) is 0 Å². The van der Waals surface area contributed by atoms with Crippen molar-refractivity contribution in [3.63, 3.8) is 0 Å². The number of hydrogen-bond donors (Lipinski definition) is 0. The topological polar surface area (TPSA) is 18.5 Å². The minimum absolute atomic E-state index is 0.0167. The Balaban J connectivity index is 1.84. The van der Waals surface area contributed by atoms with Gasteiger partial charge in [-0.25, -0.2) is 0 Å². The van der Waals surface area contributed by atoms with E-state index in [1.165, 1.54) is 0 Å². The third-order valence-corrected chi connectivity index (χ3v) is 4.05. The van der Waals surface area contributed by atoms with Crippen LogP contribution in [0.5, 0.6) is 5.75 Å². The molecular weight excluding hydrogens is 337 g/mol. The summed E-state index contributed by atoms with van der Waals surface area (Å²) in [5.74, 6) is 0.897. The number of hydrogen-bond acceptors (Lipinski definition) is 2. The summed E-state index contributed by atoms with van der Waals surface area (Å²) < 4.78 is 46.1. The Kier molecular flexibility index (Phi) is 4.96. The average molecular weight is 353 g/mol. The number of alkyl halides is 4. The highest BCUT2D eigenvalue weighted by Gasteiger charge is 2.27. The Morgan fingerprint density at radius 2 is 2.20 bits per heavy atom. The molecule has 0 fully saturated rings. The highest BCUT2D eigenvalue weighted by molar-refractivity contribution is 9.09. The molecule has 2 atom stereocenters. The van der Waals surface area contributed by atoms with Crippen LogP contribution in [0.1, 0.15) is 29.3 Å². The summed E-state index contributed by atoms with van der Waals surface area (Å²) >= 11 is 3.49. The molecule has 1 aliphatic heterocycles. The Hall–Kier alpha value is -0.750. The van der Waals surface area contributed by atoms with Gasteiger partial charge in [-0.1, -0.05) is 28.1 Å². The van der Waals surface area contributed by atoms with E-state index in [9.17, 15) is 13.2 Å². The van der Waals surface area contributed by atoms with E-state index in [0.717, 1.165) is 23.3 Å². The lowest BCUT2D eigenvalue weighted by Crippen LogP contribution is -2.17. The maximum atomic E-state index is 11.9. The molecule has 0 spiro atoms. The zero-order chi connectivity index (χ0) is 14.8. The van der Waals surface area contributed by atoms with Gasteiger partial charge < -0.3 is 9.47 Å². The molecule has 0 radical (unpaired) electrons. The molecule has 1 heterocycles. The fraction of sp³-hybridized carbons (Fsp3) is 0.571. The van der Waals surface area contributed by atoms with Crippen LogP contribution in [0.4, 0.5) is 13.2 Å². The summed E-state index contributed by atoms with van der Waals surface area (Å²) in [7, 11) is 0. The first-order valence-electron chi connectivity index (χ1n) is 6.43.